The molecule has 6 rings (SSSR count). The van der Waals surface area contributed by atoms with E-state index in [0.29, 0.717) is 37.4 Å². The van der Waals surface area contributed by atoms with Crippen LogP contribution in [0.5, 0.6) is 0 Å². The van der Waals surface area contributed by atoms with E-state index in [2.05, 4.69) is 15.5 Å². The van der Waals surface area contributed by atoms with Crippen LogP contribution in [0.3, 0.4) is 0 Å². The van der Waals surface area contributed by atoms with E-state index in [-0.39, 0.29) is 44.4 Å². The fourth-order valence-electron chi connectivity index (χ4n) is 4.86. The zero-order valence-corrected chi connectivity index (χ0v) is 21.3. The van der Waals surface area contributed by atoms with Gasteiger partial charge in [-0.1, -0.05) is 24.3 Å². The Hall–Kier alpha value is -4.21. The van der Waals surface area contributed by atoms with Crippen LogP contribution in [0.4, 0.5) is 5.69 Å². The van der Waals surface area contributed by atoms with Gasteiger partial charge in [-0.2, -0.15) is 0 Å². The molecule has 0 radical (unpaired) electrons. The van der Waals surface area contributed by atoms with Crippen LogP contribution >= 0.6 is 0 Å². The van der Waals surface area contributed by atoms with Crippen LogP contribution in [0, 0.1) is 5.21 Å². The maximum Gasteiger partial charge on any atom is 0.254 e. The van der Waals surface area contributed by atoms with Gasteiger partial charge >= 0.3 is 0 Å². The molecular weight excluding hydrogens is 516 g/mol. The van der Waals surface area contributed by atoms with Gasteiger partial charge in [0.05, 0.1) is 10.9 Å². The number of hydrogen-bond donors (Lipinski definition) is 0. The summed E-state index contributed by atoms with van der Waals surface area (Å²) < 4.78 is 32.6. The number of aromatic nitrogens is 5. The molecule has 2 aromatic carbocycles. The number of anilines is 1. The molecule has 196 valence electrons. The Morgan fingerprint density at radius 1 is 0.974 bits per heavy atom. The quantitative estimate of drug-likeness (QED) is 0.216. The average molecular weight is 539 g/mol. The number of carbonyl (C=O) groups is 2. The minimum absolute atomic E-state index is 0.0105. The molecule has 14 nitrogen and oxygen atoms in total. The summed E-state index contributed by atoms with van der Waals surface area (Å²) in [4.78, 5) is 30.3. The number of fused-ring (bicyclic) bond motifs is 3. The van der Waals surface area contributed by atoms with Crippen molar-refractivity contribution >= 4 is 38.3 Å². The molecule has 1 aliphatic carbocycles. The van der Waals surface area contributed by atoms with Gasteiger partial charge < -0.3 is 10.1 Å². The summed E-state index contributed by atoms with van der Waals surface area (Å²) in [6, 6.07) is 9.59. The maximum atomic E-state index is 13.1. The number of nitrogens with zero attached hydrogens (tertiary/aromatic N) is 8. The van der Waals surface area contributed by atoms with Crippen LogP contribution in [0.2, 0.25) is 0 Å². The van der Waals surface area contributed by atoms with Gasteiger partial charge in [-0.3, -0.25) is 14.5 Å². The molecule has 1 fully saturated rings. The Labute approximate surface area is 216 Å². The van der Waals surface area contributed by atoms with Gasteiger partial charge in [-0.25, -0.2) is 17.4 Å². The number of ketones is 2. The second-order valence-corrected chi connectivity index (χ2v) is 11.4. The molecule has 0 atom stereocenters. The summed E-state index contributed by atoms with van der Waals surface area (Å²) in [6.45, 7) is 2.30. The van der Waals surface area contributed by atoms with Gasteiger partial charge in [-0.15, -0.1) is 9.53 Å². The van der Waals surface area contributed by atoms with Crippen LogP contribution < -0.4 is 9.75 Å². The van der Waals surface area contributed by atoms with E-state index in [1.54, 1.807) is 24.3 Å². The molecule has 0 saturated carbocycles. The fraction of sp³-hybridized carbons (Fsp3) is 0.304. The summed E-state index contributed by atoms with van der Waals surface area (Å²) in [5.41, 5.74) is 1.36. The van der Waals surface area contributed by atoms with Crippen molar-refractivity contribution in [2.45, 2.75) is 11.6 Å². The molecule has 2 aromatic heterocycles. The van der Waals surface area contributed by atoms with Crippen LogP contribution in [-0.2, 0) is 16.7 Å². The Bertz CT molecular complexity index is 1720. The second-order valence-electron chi connectivity index (χ2n) is 9.24. The Balaban J connectivity index is 1.22. The van der Waals surface area contributed by atoms with Gasteiger partial charge in [0.15, 0.2) is 17.7 Å². The Morgan fingerprint density at radius 3 is 2.32 bits per heavy atom. The van der Waals surface area contributed by atoms with Crippen molar-refractivity contribution in [2.75, 3.05) is 45.2 Å². The highest BCUT2D eigenvalue weighted by atomic mass is 32.2. The molecule has 0 amide bonds. The van der Waals surface area contributed by atoms with Gasteiger partial charge in [-0.05, 0) is 22.4 Å². The van der Waals surface area contributed by atoms with Crippen molar-refractivity contribution in [1.82, 2.24) is 29.4 Å². The van der Waals surface area contributed by atoms with E-state index in [4.69, 9.17) is 4.63 Å². The van der Waals surface area contributed by atoms with Crippen LogP contribution in [0.25, 0.3) is 11.0 Å². The van der Waals surface area contributed by atoms with E-state index in [9.17, 15) is 23.2 Å². The van der Waals surface area contributed by atoms with Crippen molar-refractivity contribution < 1.29 is 27.5 Å². The monoisotopic (exact) mass is 538 g/mol. The molecule has 0 bridgehead atoms. The molecule has 3 heterocycles. The highest BCUT2D eigenvalue weighted by molar-refractivity contribution is 7.89. The molecular formula is C23H22N8O6S. The van der Waals surface area contributed by atoms with Gasteiger partial charge in [0.2, 0.25) is 21.6 Å². The largest absolute Gasteiger partial charge is 0.691 e. The first-order valence-corrected chi connectivity index (χ1v) is 13.2. The lowest BCUT2D eigenvalue weighted by Crippen LogP contribution is -2.47. The van der Waals surface area contributed by atoms with E-state index in [0.717, 1.165) is 4.31 Å². The van der Waals surface area contributed by atoms with E-state index >= 15 is 0 Å². The first-order valence-electron chi connectivity index (χ1n) is 11.7. The number of sulfonamides is 1. The lowest BCUT2D eigenvalue weighted by Gasteiger charge is -2.35. The summed E-state index contributed by atoms with van der Waals surface area (Å²) in [7, 11) is -0.862. The lowest BCUT2D eigenvalue weighted by atomic mass is 9.90. The highest BCUT2D eigenvalue weighted by Crippen LogP contribution is 2.31. The molecule has 1 saturated heterocycles. The third-order valence-corrected chi connectivity index (χ3v) is 8.72. The Kier molecular flexibility index (Phi) is 5.51. The summed E-state index contributed by atoms with van der Waals surface area (Å²) in [5, 5.41) is 24.2. The smallest absolute Gasteiger partial charge is 0.254 e. The van der Waals surface area contributed by atoms with Crippen LogP contribution in [0.15, 0.2) is 45.9 Å². The van der Waals surface area contributed by atoms with Gasteiger partial charge in [0.1, 0.15) is 4.90 Å². The molecule has 15 heteroatoms. The molecule has 0 unspecified atom stereocenters. The average Bonchev–Trinajstić information content (AvgIpc) is 3.52. The maximum absolute atomic E-state index is 13.1. The summed E-state index contributed by atoms with van der Waals surface area (Å²) in [6.07, 6.45) is 0. The third kappa shape index (κ3) is 3.58. The molecule has 0 N–H and O–H groups in total. The molecule has 2 aliphatic rings. The first kappa shape index (κ1) is 24.1. The van der Waals surface area contributed by atoms with E-state index in [1.165, 1.54) is 30.9 Å². The van der Waals surface area contributed by atoms with Crippen molar-refractivity contribution in [3.8, 4) is 0 Å². The number of piperazine rings is 1. The molecule has 38 heavy (non-hydrogen) atoms. The third-order valence-electron chi connectivity index (χ3n) is 6.87. The lowest BCUT2D eigenvalue weighted by molar-refractivity contribution is -0.672. The first-order chi connectivity index (χ1) is 18.2. The van der Waals surface area contributed by atoms with Crippen molar-refractivity contribution in [3.63, 3.8) is 0 Å². The normalized spacial score (nSPS) is 16.3. The van der Waals surface area contributed by atoms with E-state index < -0.39 is 21.6 Å². The fourth-order valence-corrected chi connectivity index (χ4v) is 5.87. The predicted molar refractivity (Wildman–Crippen MR) is 131 cm³/mol. The predicted octanol–water partition coefficient (Wildman–Crippen LogP) is -0.142. The summed E-state index contributed by atoms with van der Waals surface area (Å²) in [5.74, 6) is -0.934. The number of rotatable bonds is 5. The minimum atomic E-state index is -3.74. The topological polar surface area (TPSA) is 162 Å². The highest BCUT2D eigenvalue weighted by Gasteiger charge is 2.41. The van der Waals surface area contributed by atoms with E-state index in [1.807, 2.05) is 9.80 Å². The minimum Gasteiger partial charge on any atom is -0.691 e. The van der Waals surface area contributed by atoms with Gasteiger partial charge in [0, 0.05) is 51.4 Å². The molecule has 4 aromatic rings. The SMILES string of the molecule is CN(C)S(=O)(=O)c1ccc(N2CCN(Cn3n[n+]([O-])c4c3C(=O)c3ccccc3C4=O)CC2)c2nonc12. The van der Waals surface area contributed by atoms with Crippen molar-refractivity contribution in [1.29, 1.82) is 0 Å². The van der Waals surface area contributed by atoms with Crippen molar-refractivity contribution in [3.05, 3.63) is 64.1 Å². The number of benzene rings is 2. The zero-order valence-electron chi connectivity index (χ0n) is 20.4. The zero-order chi connectivity index (χ0) is 26.8. The number of carbonyl (C=O) groups excluding carboxylic acids is 2. The standard InChI is InChI=1S/C23H22N8O6S/c1-27(2)38(35,36)17-8-7-16(18-19(17)25-37-24-18)29-11-9-28(10-12-29)13-30-20-21(31(34)26-30)23(33)15-6-4-3-5-14(15)22(20)32/h3-8H,9-13H2,1-2H3. The van der Waals surface area contributed by atoms with Crippen LogP contribution in [-0.4, -0.2) is 89.7 Å². The second kappa shape index (κ2) is 8.68. The van der Waals surface area contributed by atoms with Gasteiger partial charge in [0.25, 0.3) is 11.4 Å². The molecule has 0 spiro atoms. The molecule has 1 aliphatic heterocycles. The number of hydrogen-bond acceptors (Lipinski definition) is 11. The van der Waals surface area contributed by atoms with Crippen molar-refractivity contribution in [2.24, 2.45) is 0 Å². The van der Waals surface area contributed by atoms with Crippen LogP contribution in [0.1, 0.15) is 32.1 Å². The Morgan fingerprint density at radius 2 is 1.63 bits per heavy atom. The summed E-state index contributed by atoms with van der Waals surface area (Å²) >= 11 is 0.